The Morgan fingerprint density at radius 3 is 2.44 bits per heavy atom. The first-order valence-corrected chi connectivity index (χ1v) is 3.77. The van der Waals surface area contributed by atoms with Crippen LogP contribution in [0.25, 0.3) is 0 Å². The molecule has 0 heterocycles. The van der Waals surface area contributed by atoms with Crippen LogP contribution >= 0.6 is 0 Å². The number of hydrogen-bond donors (Lipinski definition) is 2. The molecule has 0 radical (unpaired) electrons. The van der Waals surface area contributed by atoms with Gasteiger partial charge in [-0.25, -0.2) is 0 Å². The van der Waals surface area contributed by atoms with E-state index >= 15 is 0 Å². The summed E-state index contributed by atoms with van der Waals surface area (Å²) in [6.07, 6.45) is 4.58. The fourth-order valence-electron chi connectivity index (χ4n) is 0.825. The third kappa shape index (κ3) is 5.80. The first-order valence-electron chi connectivity index (χ1n) is 3.77. The van der Waals surface area contributed by atoms with Crippen LogP contribution in [-0.4, -0.2) is 12.6 Å². The van der Waals surface area contributed by atoms with Gasteiger partial charge in [-0.2, -0.15) is 0 Å². The van der Waals surface area contributed by atoms with Gasteiger partial charge in [0.2, 0.25) is 0 Å². The molecule has 0 aliphatic rings. The molecule has 0 bridgehead atoms. The predicted octanol–water partition coefficient (Wildman–Crippen LogP) is 0.853. The van der Waals surface area contributed by atoms with Crippen molar-refractivity contribution in [1.29, 1.82) is 0 Å². The summed E-state index contributed by atoms with van der Waals surface area (Å²) in [7, 11) is 0. The molecule has 0 aliphatic heterocycles. The molecule has 1 atom stereocenters. The Balaban J connectivity index is 2.95. The normalized spacial score (nSPS) is 13.7. The lowest BCUT2D eigenvalue weighted by atomic mass is 10.1. The van der Waals surface area contributed by atoms with E-state index in [9.17, 15) is 0 Å². The van der Waals surface area contributed by atoms with Crippen LogP contribution in [0.15, 0.2) is 0 Å². The minimum Gasteiger partial charge on any atom is -0.330 e. The van der Waals surface area contributed by atoms with Crippen molar-refractivity contribution in [2.24, 2.45) is 11.5 Å². The van der Waals surface area contributed by atoms with Crippen LogP contribution in [0.2, 0.25) is 0 Å². The fraction of sp³-hybridized carbons (Fsp3) is 1.00. The molecular weight excluding hydrogens is 112 g/mol. The topological polar surface area (TPSA) is 52.0 Å². The highest BCUT2D eigenvalue weighted by molar-refractivity contribution is 4.60. The fourth-order valence-corrected chi connectivity index (χ4v) is 0.825. The van der Waals surface area contributed by atoms with E-state index in [0.717, 1.165) is 19.4 Å². The zero-order valence-electron chi connectivity index (χ0n) is 6.27. The van der Waals surface area contributed by atoms with Gasteiger partial charge in [0.05, 0.1) is 0 Å². The summed E-state index contributed by atoms with van der Waals surface area (Å²) < 4.78 is 0. The van der Waals surface area contributed by atoms with Crippen molar-refractivity contribution in [3.63, 3.8) is 0 Å². The van der Waals surface area contributed by atoms with Crippen molar-refractivity contribution in [3.8, 4) is 0 Å². The van der Waals surface area contributed by atoms with Crippen molar-refractivity contribution in [2.75, 3.05) is 6.54 Å². The number of rotatable bonds is 5. The molecule has 2 heteroatoms. The lowest BCUT2D eigenvalue weighted by Crippen LogP contribution is -2.23. The minimum atomic E-state index is 0.343. The second kappa shape index (κ2) is 6.05. The molecule has 56 valence electrons. The SMILES string of the molecule is CCCCC(N)CCN. The molecule has 0 amide bonds. The van der Waals surface area contributed by atoms with Gasteiger partial charge in [-0.15, -0.1) is 0 Å². The van der Waals surface area contributed by atoms with Crippen LogP contribution < -0.4 is 11.5 Å². The molecule has 0 aromatic carbocycles. The number of nitrogens with two attached hydrogens (primary N) is 2. The van der Waals surface area contributed by atoms with Crippen molar-refractivity contribution >= 4 is 0 Å². The lowest BCUT2D eigenvalue weighted by molar-refractivity contribution is 0.547. The molecule has 0 rings (SSSR count). The van der Waals surface area contributed by atoms with Crippen LogP contribution in [0.4, 0.5) is 0 Å². The Labute approximate surface area is 57.6 Å². The van der Waals surface area contributed by atoms with Gasteiger partial charge in [0.15, 0.2) is 0 Å². The van der Waals surface area contributed by atoms with Gasteiger partial charge in [-0.3, -0.25) is 0 Å². The van der Waals surface area contributed by atoms with E-state index in [-0.39, 0.29) is 0 Å². The van der Waals surface area contributed by atoms with E-state index in [1.807, 2.05) is 0 Å². The van der Waals surface area contributed by atoms with Gasteiger partial charge in [0.25, 0.3) is 0 Å². The molecule has 1 unspecified atom stereocenters. The maximum Gasteiger partial charge on any atom is 0.00508 e. The van der Waals surface area contributed by atoms with Crippen LogP contribution in [0.1, 0.15) is 32.6 Å². The molecule has 0 aromatic heterocycles. The Hall–Kier alpha value is -0.0800. The van der Waals surface area contributed by atoms with Crippen LogP contribution in [0.5, 0.6) is 0 Å². The van der Waals surface area contributed by atoms with Gasteiger partial charge < -0.3 is 11.5 Å². The standard InChI is InChI=1S/C7H18N2/c1-2-3-4-7(9)5-6-8/h7H,2-6,8-9H2,1H3. The highest BCUT2D eigenvalue weighted by atomic mass is 14.6. The van der Waals surface area contributed by atoms with E-state index < -0.39 is 0 Å². The van der Waals surface area contributed by atoms with Gasteiger partial charge in [0.1, 0.15) is 0 Å². The molecule has 0 aliphatic carbocycles. The molecule has 0 saturated heterocycles. The van der Waals surface area contributed by atoms with Gasteiger partial charge in [-0.05, 0) is 19.4 Å². The largest absolute Gasteiger partial charge is 0.330 e. The van der Waals surface area contributed by atoms with E-state index in [0.29, 0.717) is 6.04 Å². The van der Waals surface area contributed by atoms with E-state index in [2.05, 4.69) is 6.92 Å². The summed E-state index contributed by atoms with van der Waals surface area (Å²) in [5.41, 5.74) is 11.0. The second-order valence-electron chi connectivity index (χ2n) is 2.48. The molecule has 4 N–H and O–H groups in total. The monoisotopic (exact) mass is 130 g/mol. The Kier molecular flexibility index (Phi) is 5.99. The molecule has 9 heavy (non-hydrogen) atoms. The smallest absolute Gasteiger partial charge is 0.00508 e. The number of hydrogen-bond acceptors (Lipinski definition) is 2. The number of unbranched alkanes of at least 4 members (excludes halogenated alkanes) is 1. The van der Waals surface area contributed by atoms with Crippen LogP contribution in [0, 0.1) is 0 Å². The van der Waals surface area contributed by atoms with Crippen molar-refractivity contribution in [1.82, 2.24) is 0 Å². The van der Waals surface area contributed by atoms with Crippen LogP contribution in [-0.2, 0) is 0 Å². The summed E-state index contributed by atoms with van der Waals surface area (Å²) in [6.45, 7) is 2.90. The van der Waals surface area contributed by atoms with Gasteiger partial charge in [-0.1, -0.05) is 19.8 Å². The summed E-state index contributed by atoms with van der Waals surface area (Å²) >= 11 is 0. The maximum atomic E-state index is 5.69. The average molecular weight is 130 g/mol. The third-order valence-electron chi connectivity index (χ3n) is 1.47. The molecule has 0 spiro atoms. The molecule has 0 aromatic rings. The van der Waals surface area contributed by atoms with Gasteiger partial charge in [0, 0.05) is 6.04 Å². The second-order valence-corrected chi connectivity index (χ2v) is 2.48. The average Bonchev–Trinajstić information content (AvgIpc) is 1.85. The first kappa shape index (κ1) is 8.92. The molecule has 0 saturated carbocycles. The summed E-state index contributed by atoms with van der Waals surface area (Å²) in [6, 6.07) is 0.343. The third-order valence-corrected chi connectivity index (χ3v) is 1.47. The van der Waals surface area contributed by atoms with Crippen LogP contribution in [0.3, 0.4) is 0 Å². The quantitative estimate of drug-likeness (QED) is 0.579. The zero-order valence-corrected chi connectivity index (χ0v) is 6.27. The van der Waals surface area contributed by atoms with Gasteiger partial charge >= 0.3 is 0 Å². The summed E-state index contributed by atoms with van der Waals surface area (Å²) in [4.78, 5) is 0. The lowest BCUT2D eigenvalue weighted by Gasteiger charge is -2.07. The van der Waals surface area contributed by atoms with Crippen molar-refractivity contribution in [3.05, 3.63) is 0 Å². The molecule has 2 nitrogen and oxygen atoms in total. The zero-order chi connectivity index (χ0) is 7.11. The Morgan fingerprint density at radius 1 is 1.33 bits per heavy atom. The summed E-state index contributed by atoms with van der Waals surface area (Å²) in [5.74, 6) is 0. The van der Waals surface area contributed by atoms with Crippen molar-refractivity contribution in [2.45, 2.75) is 38.6 Å². The highest BCUT2D eigenvalue weighted by Crippen LogP contribution is 1.99. The Bertz CT molecular complexity index is 54.9. The molecular formula is C7H18N2. The minimum absolute atomic E-state index is 0.343. The molecule has 0 fully saturated rings. The predicted molar refractivity (Wildman–Crippen MR) is 41.2 cm³/mol. The Morgan fingerprint density at radius 2 is 2.00 bits per heavy atom. The van der Waals surface area contributed by atoms with E-state index in [1.165, 1.54) is 12.8 Å². The summed E-state index contributed by atoms with van der Waals surface area (Å²) in [5, 5.41) is 0. The van der Waals surface area contributed by atoms with Crippen molar-refractivity contribution < 1.29 is 0 Å². The van der Waals surface area contributed by atoms with E-state index in [1.54, 1.807) is 0 Å². The maximum absolute atomic E-state index is 5.69. The highest BCUT2D eigenvalue weighted by Gasteiger charge is 1.97. The van der Waals surface area contributed by atoms with E-state index in [4.69, 9.17) is 11.5 Å². The first-order chi connectivity index (χ1) is 4.31.